The van der Waals surface area contributed by atoms with Crippen molar-refractivity contribution >= 4 is 16.7 Å². The Bertz CT molecular complexity index is 1380. The van der Waals surface area contributed by atoms with Gasteiger partial charge in [0.1, 0.15) is 5.69 Å². The summed E-state index contributed by atoms with van der Waals surface area (Å²) in [5.74, 6) is 0. The fraction of sp³-hybridized carbons (Fsp3) is 0.296. The summed E-state index contributed by atoms with van der Waals surface area (Å²) in [7, 11) is 0. The van der Waals surface area contributed by atoms with Crippen LogP contribution in [0.4, 0.5) is 18.9 Å². The van der Waals surface area contributed by atoms with Crippen molar-refractivity contribution in [3.63, 3.8) is 0 Å². The molecule has 8 heteroatoms. The summed E-state index contributed by atoms with van der Waals surface area (Å²) in [6.45, 7) is 8.96. The highest BCUT2D eigenvalue weighted by atomic mass is 19.4. The van der Waals surface area contributed by atoms with Crippen LogP contribution < -0.4 is 5.73 Å². The number of nitrogen functional groups attached to an aromatic ring is 1. The predicted octanol–water partition coefficient (Wildman–Crippen LogP) is 6.79. The maximum Gasteiger partial charge on any atom is 0.418 e. The standard InChI is InChI=1S/C27H27F3N4O/c1-5-35-15-17-14-19(20-13-16(26(2,3)4)8-10-22(20)31)18-9-11-23(34-25(18)33-17)24-21(27(28,29)30)7-6-12-32-24/h6-14H,5,15,31H2,1-4H3. The molecule has 0 saturated heterocycles. The molecule has 0 aliphatic carbocycles. The highest BCUT2D eigenvalue weighted by Gasteiger charge is 2.34. The van der Waals surface area contributed by atoms with Crippen LogP contribution in [-0.2, 0) is 22.9 Å². The molecule has 0 unspecified atom stereocenters. The van der Waals surface area contributed by atoms with E-state index >= 15 is 0 Å². The van der Waals surface area contributed by atoms with E-state index in [2.05, 4.69) is 35.7 Å². The zero-order valence-corrected chi connectivity index (χ0v) is 20.1. The third-order valence-electron chi connectivity index (χ3n) is 5.75. The van der Waals surface area contributed by atoms with E-state index < -0.39 is 11.7 Å². The first-order chi connectivity index (χ1) is 16.5. The maximum atomic E-state index is 13.6. The number of benzene rings is 1. The zero-order chi connectivity index (χ0) is 25.4. The molecule has 3 heterocycles. The van der Waals surface area contributed by atoms with Gasteiger partial charge in [0, 0.05) is 29.4 Å². The van der Waals surface area contributed by atoms with Crippen LogP contribution in [0.3, 0.4) is 0 Å². The minimum atomic E-state index is -4.56. The summed E-state index contributed by atoms with van der Waals surface area (Å²) in [5, 5.41) is 0.677. The minimum absolute atomic E-state index is 0.0915. The number of nitrogens with zero attached hydrogens (tertiary/aromatic N) is 3. The molecule has 2 N–H and O–H groups in total. The first-order valence-electron chi connectivity index (χ1n) is 11.3. The van der Waals surface area contributed by atoms with Crippen molar-refractivity contribution in [2.24, 2.45) is 0 Å². The molecule has 0 saturated carbocycles. The van der Waals surface area contributed by atoms with E-state index in [1.54, 1.807) is 6.07 Å². The molecule has 0 spiro atoms. The number of rotatable bonds is 5. The third-order valence-corrected chi connectivity index (χ3v) is 5.75. The van der Waals surface area contributed by atoms with Gasteiger partial charge < -0.3 is 10.5 Å². The molecular weight excluding hydrogens is 453 g/mol. The van der Waals surface area contributed by atoms with Crippen LogP contribution in [0.25, 0.3) is 33.5 Å². The number of hydrogen-bond acceptors (Lipinski definition) is 5. The number of nitrogens with two attached hydrogens (primary N) is 1. The summed E-state index contributed by atoms with van der Waals surface area (Å²) in [5.41, 5.74) is 9.49. The molecule has 0 aliphatic rings. The van der Waals surface area contributed by atoms with Gasteiger partial charge in [-0.25, -0.2) is 9.97 Å². The van der Waals surface area contributed by atoms with Crippen LogP contribution in [0.5, 0.6) is 0 Å². The van der Waals surface area contributed by atoms with E-state index in [1.807, 2.05) is 31.2 Å². The molecule has 3 aromatic heterocycles. The van der Waals surface area contributed by atoms with Crippen LogP contribution >= 0.6 is 0 Å². The molecule has 35 heavy (non-hydrogen) atoms. The zero-order valence-electron chi connectivity index (χ0n) is 20.1. The normalized spacial score (nSPS) is 12.3. The molecule has 0 bridgehead atoms. The van der Waals surface area contributed by atoms with Crippen molar-refractivity contribution in [2.45, 2.75) is 45.9 Å². The van der Waals surface area contributed by atoms with Gasteiger partial charge in [-0.3, -0.25) is 4.98 Å². The van der Waals surface area contributed by atoms with Gasteiger partial charge in [-0.1, -0.05) is 26.8 Å². The smallest absolute Gasteiger partial charge is 0.398 e. The van der Waals surface area contributed by atoms with Crippen LogP contribution in [-0.4, -0.2) is 21.6 Å². The number of aromatic nitrogens is 3. The first kappa shape index (κ1) is 24.6. The van der Waals surface area contributed by atoms with Crippen molar-refractivity contribution < 1.29 is 17.9 Å². The van der Waals surface area contributed by atoms with E-state index in [0.29, 0.717) is 29.0 Å². The summed E-state index contributed by atoms with van der Waals surface area (Å²) in [6.07, 6.45) is -3.24. The van der Waals surface area contributed by atoms with Gasteiger partial charge in [-0.15, -0.1) is 0 Å². The molecule has 4 aromatic rings. The largest absolute Gasteiger partial charge is 0.418 e. The van der Waals surface area contributed by atoms with Crippen molar-refractivity contribution in [3.8, 4) is 22.5 Å². The van der Waals surface area contributed by atoms with Crippen molar-refractivity contribution in [3.05, 3.63) is 71.5 Å². The highest BCUT2D eigenvalue weighted by molar-refractivity contribution is 5.97. The van der Waals surface area contributed by atoms with E-state index in [1.165, 1.54) is 18.3 Å². The van der Waals surface area contributed by atoms with Gasteiger partial charge in [0.15, 0.2) is 5.65 Å². The van der Waals surface area contributed by atoms with Crippen LogP contribution in [0.2, 0.25) is 0 Å². The minimum Gasteiger partial charge on any atom is -0.398 e. The number of fused-ring (bicyclic) bond motifs is 1. The number of anilines is 1. The average molecular weight is 481 g/mol. The summed E-state index contributed by atoms with van der Waals surface area (Å²) in [4.78, 5) is 13.1. The number of pyridine rings is 3. The summed E-state index contributed by atoms with van der Waals surface area (Å²) >= 11 is 0. The monoisotopic (exact) mass is 480 g/mol. The van der Waals surface area contributed by atoms with Gasteiger partial charge in [-0.2, -0.15) is 13.2 Å². The lowest BCUT2D eigenvalue weighted by molar-refractivity contribution is -0.137. The SMILES string of the molecule is CCOCc1cc(-c2cc(C(C)(C)C)ccc2N)c2ccc(-c3ncccc3C(F)(F)F)nc2n1. The van der Waals surface area contributed by atoms with E-state index in [0.717, 1.165) is 22.8 Å². The molecular formula is C27H27F3N4O. The Hall–Kier alpha value is -3.52. The van der Waals surface area contributed by atoms with Gasteiger partial charge in [0.25, 0.3) is 0 Å². The van der Waals surface area contributed by atoms with Crippen molar-refractivity contribution in [1.82, 2.24) is 15.0 Å². The Morgan fingerprint density at radius 1 is 0.943 bits per heavy atom. The lowest BCUT2D eigenvalue weighted by atomic mass is 9.84. The van der Waals surface area contributed by atoms with Crippen molar-refractivity contribution in [2.75, 3.05) is 12.3 Å². The average Bonchev–Trinajstić information content (AvgIpc) is 2.81. The van der Waals surface area contributed by atoms with Gasteiger partial charge in [-0.05, 0) is 65.9 Å². The Labute approximate surface area is 202 Å². The second-order valence-electron chi connectivity index (χ2n) is 9.32. The second kappa shape index (κ2) is 9.26. The lowest BCUT2D eigenvalue weighted by Gasteiger charge is -2.21. The van der Waals surface area contributed by atoms with Gasteiger partial charge >= 0.3 is 6.18 Å². The molecule has 0 aliphatic heterocycles. The van der Waals surface area contributed by atoms with Crippen molar-refractivity contribution in [1.29, 1.82) is 0 Å². The van der Waals surface area contributed by atoms with E-state index in [-0.39, 0.29) is 23.4 Å². The fourth-order valence-electron chi connectivity index (χ4n) is 3.89. The van der Waals surface area contributed by atoms with E-state index in [9.17, 15) is 13.2 Å². The number of halogens is 3. The van der Waals surface area contributed by atoms with E-state index in [4.69, 9.17) is 10.5 Å². The third kappa shape index (κ3) is 5.12. The number of alkyl halides is 3. The van der Waals surface area contributed by atoms with Gasteiger partial charge in [0.05, 0.1) is 23.6 Å². The molecule has 0 atom stereocenters. The van der Waals surface area contributed by atoms with Crippen LogP contribution in [0.1, 0.15) is 44.5 Å². The lowest BCUT2D eigenvalue weighted by Crippen LogP contribution is -2.11. The molecule has 5 nitrogen and oxygen atoms in total. The topological polar surface area (TPSA) is 73.9 Å². The Morgan fingerprint density at radius 2 is 1.71 bits per heavy atom. The Balaban J connectivity index is 1.96. The number of hydrogen-bond donors (Lipinski definition) is 1. The van der Waals surface area contributed by atoms with Gasteiger partial charge in [0.2, 0.25) is 0 Å². The summed E-state index contributed by atoms with van der Waals surface area (Å²) in [6, 6.07) is 13.3. The van der Waals surface area contributed by atoms with Crippen LogP contribution in [0.15, 0.2) is 54.7 Å². The molecule has 0 amide bonds. The Kier molecular flexibility index (Phi) is 6.51. The highest BCUT2D eigenvalue weighted by Crippen LogP contribution is 2.38. The van der Waals surface area contributed by atoms with Crippen LogP contribution in [0, 0.1) is 0 Å². The Morgan fingerprint density at radius 3 is 2.40 bits per heavy atom. The molecule has 4 rings (SSSR count). The first-order valence-corrected chi connectivity index (χ1v) is 11.3. The number of ether oxygens (including phenoxy) is 1. The predicted molar refractivity (Wildman–Crippen MR) is 132 cm³/mol. The fourth-order valence-corrected chi connectivity index (χ4v) is 3.89. The molecule has 182 valence electrons. The quantitative estimate of drug-likeness (QED) is 0.318. The molecule has 0 radical (unpaired) electrons. The molecule has 1 aromatic carbocycles. The summed E-state index contributed by atoms with van der Waals surface area (Å²) < 4.78 is 46.4. The maximum absolute atomic E-state index is 13.6. The second-order valence-corrected chi connectivity index (χ2v) is 9.32. The molecule has 0 fully saturated rings.